The van der Waals surface area contributed by atoms with Crippen LogP contribution in [0.25, 0.3) is 16.5 Å². The van der Waals surface area contributed by atoms with Gasteiger partial charge in [-0.05, 0) is 43.2 Å². The second kappa shape index (κ2) is 5.40. The second-order valence-electron chi connectivity index (χ2n) is 5.17. The standard InChI is InChI=1S/C16H19ClN2/c1-2-7-19-8-5-12(6-9-19)15-11-18-16-4-3-13(17)10-14(15)16/h3-5,10-11,18H,2,6-9H2,1H3. The summed E-state index contributed by atoms with van der Waals surface area (Å²) >= 11 is 6.11. The van der Waals surface area contributed by atoms with Crippen LogP contribution in [0.2, 0.25) is 5.02 Å². The lowest BCUT2D eigenvalue weighted by molar-refractivity contribution is 0.302. The van der Waals surface area contributed by atoms with Gasteiger partial charge in [-0.15, -0.1) is 0 Å². The van der Waals surface area contributed by atoms with E-state index in [0.717, 1.165) is 30.0 Å². The highest BCUT2D eigenvalue weighted by molar-refractivity contribution is 6.31. The van der Waals surface area contributed by atoms with E-state index in [1.807, 2.05) is 12.1 Å². The Morgan fingerprint density at radius 2 is 2.26 bits per heavy atom. The molecule has 0 spiro atoms. The number of hydrogen-bond donors (Lipinski definition) is 1. The molecule has 1 aromatic heterocycles. The van der Waals surface area contributed by atoms with Crippen LogP contribution < -0.4 is 0 Å². The molecule has 1 aliphatic heterocycles. The lowest BCUT2D eigenvalue weighted by Gasteiger charge is -2.25. The molecule has 2 aromatic rings. The number of nitrogens with one attached hydrogen (secondary N) is 1. The molecule has 0 aliphatic carbocycles. The summed E-state index contributed by atoms with van der Waals surface area (Å²) in [5.41, 5.74) is 3.92. The van der Waals surface area contributed by atoms with Crippen LogP contribution in [0, 0.1) is 0 Å². The zero-order chi connectivity index (χ0) is 13.2. The van der Waals surface area contributed by atoms with Crippen molar-refractivity contribution in [3.05, 3.63) is 41.1 Å². The quantitative estimate of drug-likeness (QED) is 0.883. The van der Waals surface area contributed by atoms with E-state index in [2.05, 4.69) is 35.1 Å². The number of aromatic amines is 1. The second-order valence-corrected chi connectivity index (χ2v) is 5.61. The van der Waals surface area contributed by atoms with Crippen molar-refractivity contribution < 1.29 is 0 Å². The van der Waals surface area contributed by atoms with Crippen molar-refractivity contribution >= 4 is 28.1 Å². The first-order chi connectivity index (χ1) is 9.28. The Hall–Kier alpha value is -1.25. The first-order valence-corrected chi connectivity index (χ1v) is 7.34. The normalized spacial score (nSPS) is 16.8. The van der Waals surface area contributed by atoms with Crippen molar-refractivity contribution in [2.75, 3.05) is 19.6 Å². The van der Waals surface area contributed by atoms with Crippen LogP contribution in [-0.4, -0.2) is 29.5 Å². The third-order valence-corrected chi connectivity index (χ3v) is 4.06. The van der Waals surface area contributed by atoms with Gasteiger partial charge in [0.2, 0.25) is 0 Å². The van der Waals surface area contributed by atoms with Crippen LogP contribution >= 0.6 is 11.6 Å². The highest BCUT2D eigenvalue weighted by Gasteiger charge is 2.15. The van der Waals surface area contributed by atoms with Crippen LogP contribution in [0.15, 0.2) is 30.5 Å². The molecule has 0 saturated heterocycles. The highest BCUT2D eigenvalue weighted by Crippen LogP contribution is 2.30. The molecule has 0 unspecified atom stereocenters. The Morgan fingerprint density at radius 1 is 1.37 bits per heavy atom. The Labute approximate surface area is 119 Å². The van der Waals surface area contributed by atoms with Gasteiger partial charge in [-0.3, -0.25) is 4.90 Å². The SMILES string of the molecule is CCCN1CC=C(c2c[nH]c3ccc(Cl)cc23)CC1. The predicted octanol–water partition coefficient (Wildman–Crippen LogP) is 4.32. The molecule has 0 atom stereocenters. The van der Waals surface area contributed by atoms with E-state index in [0.29, 0.717) is 0 Å². The summed E-state index contributed by atoms with van der Waals surface area (Å²) in [5.74, 6) is 0. The molecule has 0 fully saturated rings. The van der Waals surface area contributed by atoms with Gasteiger partial charge < -0.3 is 4.98 Å². The highest BCUT2D eigenvalue weighted by atomic mass is 35.5. The lowest BCUT2D eigenvalue weighted by atomic mass is 9.99. The van der Waals surface area contributed by atoms with Crippen LogP contribution in [0.5, 0.6) is 0 Å². The molecule has 1 N–H and O–H groups in total. The smallest absolute Gasteiger partial charge is 0.0461 e. The zero-order valence-corrected chi connectivity index (χ0v) is 12.0. The molecule has 100 valence electrons. The average molecular weight is 275 g/mol. The largest absolute Gasteiger partial charge is 0.361 e. The minimum Gasteiger partial charge on any atom is -0.361 e. The first kappa shape index (κ1) is 12.8. The molecule has 1 aromatic carbocycles. The topological polar surface area (TPSA) is 19.0 Å². The van der Waals surface area contributed by atoms with Gasteiger partial charge in [0.1, 0.15) is 0 Å². The minimum atomic E-state index is 0.803. The monoisotopic (exact) mass is 274 g/mol. The van der Waals surface area contributed by atoms with Gasteiger partial charge in [-0.1, -0.05) is 24.6 Å². The number of fused-ring (bicyclic) bond motifs is 1. The average Bonchev–Trinajstić information content (AvgIpc) is 2.83. The van der Waals surface area contributed by atoms with Gasteiger partial charge in [0.05, 0.1) is 0 Å². The van der Waals surface area contributed by atoms with Gasteiger partial charge >= 0.3 is 0 Å². The molecule has 0 saturated carbocycles. The summed E-state index contributed by atoms with van der Waals surface area (Å²) in [6.07, 6.45) is 6.83. The predicted molar refractivity (Wildman–Crippen MR) is 82.6 cm³/mol. The molecule has 3 rings (SSSR count). The van der Waals surface area contributed by atoms with Crippen molar-refractivity contribution in [2.24, 2.45) is 0 Å². The van der Waals surface area contributed by atoms with Gasteiger partial charge in [-0.25, -0.2) is 0 Å². The molecule has 0 radical (unpaired) electrons. The van der Waals surface area contributed by atoms with Gasteiger partial charge in [0.25, 0.3) is 0 Å². The summed E-state index contributed by atoms with van der Waals surface area (Å²) in [5, 5.41) is 2.04. The Bertz CT molecular complexity index is 612. The molecule has 0 amide bonds. The van der Waals surface area contributed by atoms with E-state index in [1.54, 1.807) is 0 Å². The fraction of sp³-hybridized carbons (Fsp3) is 0.375. The number of hydrogen-bond acceptors (Lipinski definition) is 1. The third-order valence-electron chi connectivity index (χ3n) is 3.82. The van der Waals surface area contributed by atoms with Gasteiger partial charge in [-0.2, -0.15) is 0 Å². The van der Waals surface area contributed by atoms with Crippen molar-refractivity contribution in [1.29, 1.82) is 0 Å². The maximum Gasteiger partial charge on any atom is 0.0461 e. The summed E-state index contributed by atoms with van der Waals surface area (Å²) in [6.45, 7) is 5.66. The van der Waals surface area contributed by atoms with Crippen molar-refractivity contribution in [3.8, 4) is 0 Å². The minimum absolute atomic E-state index is 0.803. The molecule has 3 heteroatoms. The molecule has 19 heavy (non-hydrogen) atoms. The van der Waals surface area contributed by atoms with Crippen LogP contribution in [0.3, 0.4) is 0 Å². The third kappa shape index (κ3) is 2.56. The molecule has 1 aliphatic rings. The molecular weight excluding hydrogens is 256 g/mol. The van der Waals surface area contributed by atoms with Crippen LogP contribution in [0.4, 0.5) is 0 Å². The van der Waals surface area contributed by atoms with E-state index >= 15 is 0 Å². The van der Waals surface area contributed by atoms with Gasteiger partial charge in [0, 0.05) is 40.8 Å². The number of rotatable bonds is 3. The summed E-state index contributed by atoms with van der Waals surface area (Å²) < 4.78 is 0. The Balaban J connectivity index is 1.91. The molecular formula is C16H19ClN2. The fourth-order valence-electron chi connectivity index (χ4n) is 2.83. The summed E-state index contributed by atoms with van der Waals surface area (Å²) in [4.78, 5) is 5.84. The van der Waals surface area contributed by atoms with E-state index in [1.165, 1.54) is 29.5 Å². The van der Waals surface area contributed by atoms with Crippen molar-refractivity contribution in [1.82, 2.24) is 9.88 Å². The molecule has 2 heterocycles. The van der Waals surface area contributed by atoms with Crippen LogP contribution in [-0.2, 0) is 0 Å². The van der Waals surface area contributed by atoms with E-state index < -0.39 is 0 Å². The summed E-state index contributed by atoms with van der Waals surface area (Å²) in [6, 6.07) is 6.04. The number of nitrogens with zero attached hydrogens (tertiary/aromatic N) is 1. The fourth-order valence-corrected chi connectivity index (χ4v) is 3.01. The van der Waals surface area contributed by atoms with Crippen molar-refractivity contribution in [3.63, 3.8) is 0 Å². The van der Waals surface area contributed by atoms with Gasteiger partial charge in [0.15, 0.2) is 0 Å². The van der Waals surface area contributed by atoms with Crippen molar-refractivity contribution in [2.45, 2.75) is 19.8 Å². The molecule has 0 bridgehead atoms. The van der Waals surface area contributed by atoms with E-state index in [9.17, 15) is 0 Å². The number of aromatic nitrogens is 1. The number of benzene rings is 1. The first-order valence-electron chi connectivity index (χ1n) is 6.96. The number of H-pyrrole nitrogens is 1. The van der Waals surface area contributed by atoms with E-state index in [4.69, 9.17) is 11.6 Å². The Kier molecular flexibility index (Phi) is 3.63. The molecule has 2 nitrogen and oxygen atoms in total. The van der Waals surface area contributed by atoms with Crippen LogP contribution in [0.1, 0.15) is 25.3 Å². The van der Waals surface area contributed by atoms with E-state index in [-0.39, 0.29) is 0 Å². The number of halogens is 1. The maximum atomic E-state index is 6.11. The maximum absolute atomic E-state index is 6.11. The Morgan fingerprint density at radius 3 is 3.00 bits per heavy atom. The lowest BCUT2D eigenvalue weighted by Crippen LogP contribution is -2.29. The zero-order valence-electron chi connectivity index (χ0n) is 11.2. The summed E-state index contributed by atoms with van der Waals surface area (Å²) in [7, 11) is 0.